The van der Waals surface area contributed by atoms with E-state index in [1.165, 1.54) is 28.4 Å². The van der Waals surface area contributed by atoms with E-state index < -0.39 is 18.5 Å². The van der Waals surface area contributed by atoms with Gasteiger partial charge in [-0.3, -0.25) is 14.4 Å². The largest absolute Gasteiger partial charge is 0.401 e. The van der Waals surface area contributed by atoms with Crippen LogP contribution in [0.3, 0.4) is 0 Å². The summed E-state index contributed by atoms with van der Waals surface area (Å²) in [6.07, 6.45) is -1.97. The van der Waals surface area contributed by atoms with Gasteiger partial charge in [-0.25, -0.2) is 9.24 Å². The van der Waals surface area contributed by atoms with Crippen molar-refractivity contribution in [2.75, 3.05) is 32.7 Å². The third-order valence-corrected chi connectivity index (χ3v) is 7.65. The molecule has 2 aromatic heterocycles. The molecule has 0 N–H and O–H groups in total. The highest BCUT2D eigenvalue weighted by molar-refractivity contribution is 7.18. The predicted molar refractivity (Wildman–Crippen MR) is 139 cm³/mol. The smallest absolute Gasteiger partial charge is 0.337 e. The lowest BCUT2D eigenvalue weighted by Crippen LogP contribution is -2.38. The fourth-order valence-corrected chi connectivity index (χ4v) is 5.87. The van der Waals surface area contributed by atoms with Crippen LogP contribution < -0.4 is 0 Å². The lowest BCUT2D eigenvalue weighted by atomic mass is 10.0. The number of fused-ring (bicyclic) bond motifs is 1. The molecule has 0 aliphatic carbocycles. The maximum absolute atomic E-state index is 14.6. The molecule has 0 unspecified atom stereocenters. The SMILES string of the molecule is [C-]#[N+]c1ccc(-c2cc(C(=O)N3CCCN(CC(F)(F)F)CC3)sc2-c2ccc3nn(C)cc3c2)cc1F. The van der Waals surface area contributed by atoms with E-state index in [-0.39, 0.29) is 31.2 Å². The van der Waals surface area contributed by atoms with Crippen molar-refractivity contribution in [2.45, 2.75) is 12.6 Å². The molecule has 0 spiro atoms. The maximum Gasteiger partial charge on any atom is 0.401 e. The van der Waals surface area contributed by atoms with E-state index in [4.69, 9.17) is 6.57 Å². The molecule has 1 amide bonds. The van der Waals surface area contributed by atoms with Gasteiger partial charge in [0.05, 0.1) is 23.5 Å². The Balaban J connectivity index is 1.51. The summed E-state index contributed by atoms with van der Waals surface area (Å²) >= 11 is 1.26. The van der Waals surface area contributed by atoms with Gasteiger partial charge in [0.1, 0.15) is 5.82 Å². The van der Waals surface area contributed by atoms with E-state index in [1.807, 2.05) is 31.4 Å². The lowest BCUT2D eigenvalue weighted by molar-refractivity contribution is -0.145. The standard InChI is InChI=1S/C27H23F4N5OS/c1-32-23-7-4-17(13-21(23)28)20-14-24(26(37)36-9-3-8-35(10-11-36)16-27(29,30)31)38-25(20)18-5-6-22-19(12-18)15-34(2)33-22/h4-7,12-15H,3,8-11,16H2,2H3. The van der Waals surface area contributed by atoms with Crippen molar-refractivity contribution >= 4 is 33.8 Å². The van der Waals surface area contributed by atoms with Gasteiger partial charge >= 0.3 is 6.18 Å². The Morgan fingerprint density at radius 1 is 1.08 bits per heavy atom. The quantitative estimate of drug-likeness (QED) is 0.223. The Morgan fingerprint density at radius 3 is 2.61 bits per heavy atom. The first kappa shape index (κ1) is 25.9. The average molecular weight is 542 g/mol. The zero-order valence-electron chi connectivity index (χ0n) is 20.4. The summed E-state index contributed by atoms with van der Waals surface area (Å²) in [6.45, 7) is 7.08. The Hall–Kier alpha value is -3.75. The first-order valence-electron chi connectivity index (χ1n) is 11.9. The second-order valence-corrected chi connectivity index (χ2v) is 10.3. The fourth-order valence-electron chi connectivity index (χ4n) is 4.72. The number of hydrogen-bond acceptors (Lipinski definition) is 4. The van der Waals surface area contributed by atoms with Crippen molar-refractivity contribution in [1.29, 1.82) is 0 Å². The number of hydrogen-bond donors (Lipinski definition) is 0. The molecule has 4 aromatic rings. The molecule has 3 heterocycles. The highest BCUT2D eigenvalue weighted by Crippen LogP contribution is 2.41. The Bertz CT molecular complexity index is 1550. The molecule has 11 heteroatoms. The van der Waals surface area contributed by atoms with Crippen LogP contribution in [0.1, 0.15) is 16.1 Å². The number of thiophene rings is 1. The molecule has 1 saturated heterocycles. The summed E-state index contributed by atoms with van der Waals surface area (Å²) in [6, 6.07) is 11.8. The molecule has 0 saturated carbocycles. The number of alkyl halides is 3. The van der Waals surface area contributed by atoms with E-state index in [1.54, 1.807) is 21.7 Å². The van der Waals surface area contributed by atoms with Gasteiger partial charge in [0.2, 0.25) is 5.69 Å². The van der Waals surface area contributed by atoms with Gasteiger partial charge in [-0.05, 0) is 41.8 Å². The van der Waals surface area contributed by atoms with Gasteiger partial charge in [0, 0.05) is 55.3 Å². The number of halogens is 4. The molecule has 196 valence electrons. The second kappa shape index (κ2) is 10.2. The minimum Gasteiger partial charge on any atom is -0.337 e. The average Bonchev–Trinajstić information content (AvgIpc) is 3.39. The molecule has 1 aliphatic rings. The van der Waals surface area contributed by atoms with Gasteiger partial charge in [-0.2, -0.15) is 18.3 Å². The van der Waals surface area contributed by atoms with E-state index in [2.05, 4.69) is 9.94 Å². The number of amides is 1. The molecule has 0 atom stereocenters. The number of aromatic nitrogens is 2. The van der Waals surface area contributed by atoms with Crippen molar-refractivity contribution in [3.63, 3.8) is 0 Å². The van der Waals surface area contributed by atoms with Crippen molar-refractivity contribution < 1.29 is 22.4 Å². The molecule has 6 nitrogen and oxygen atoms in total. The zero-order valence-corrected chi connectivity index (χ0v) is 21.2. The van der Waals surface area contributed by atoms with Gasteiger partial charge in [-0.15, -0.1) is 11.3 Å². The third kappa shape index (κ3) is 5.42. The number of aryl methyl sites for hydroxylation is 1. The van der Waals surface area contributed by atoms with Crippen LogP contribution >= 0.6 is 11.3 Å². The van der Waals surface area contributed by atoms with Crippen LogP contribution in [-0.4, -0.2) is 64.4 Å². The summed E-state index contributed by atoms with van der Waals surface area (Å²) in [7, 11) is 1.83. The number of carbonyl (C=O) groups is 1. The summed E-state index contributed by atoms with van der Waals surface area (Å²) in [5.41, 5.74) is 2.72. The van der Waals surface area contributed by atoms with Crippen LogP contribution in [0, 0.1) is 12.4 Å². The normalized spacial score (nSPS) is 15.0. The van der Waals surface area contributed by atoms with E-state index in [0.29, 0.717) is 29.0 Å². The topological polar surface area (TPSA) is 45.7 Å². The molecule has 1 fully saturated rings. The van der Waals surface area contributed by atoms with Crippen molar-refractivity contribution in [1.82, 2.24) is 19.6 Å². The minimum absolute atomic E-state index is 0.0911. The van der Waals surface area contributed by atoms with Crippen LogP contribution in [0.5, 0.6) is 0 Å². The Labute approximate surface area is 220 Å². The number of nitrogens with zero attached hydrogens (tertiary/aromatic N) is 5. The molecule has 38 heavy (non-hydrogen) atoms. The van der Waals surface area contributed by atoms with Gasteiger partial charge in [-0.1, -0.05) is 18.2 Å². The Kier molecular flexibility index (Phi) is 6.94. The highest BCUT2D eigenvalue weighted by Gasteiger charge is 2.32. The van der Waals surface area contributed by atoms with E-state index in [0.717, 1.165) is 21.3 Å². The Morgan fingerprint density at radius 2 is 1.87 bits per heavy atom. The first-order valence-corrected chi connectivity index (χ1v) is 12.8. The monoisotopic (exact) mass is 541 g/mol. The third-order valence-electron chi connectivity index (χ3n) is 6.48. The summed E-state index contributed by atoms with van der Waals surface area (Å²) < 4.78 is 54.9. The lowest BCUT2D eigenvalue weighted by Gasteiger charge is -2.22. The summed E-state index contributed by atoms with van der Waals surface area (Å²) in [5.74, 6) is -0.917. The van der Waals surface area contributed by atoms with Crippen LogP contribution in [-0.2, 0) is 7.05 Å². The number of benzene rings is 2. The molecule has 5 rings (SSSR count). The zero-order chi connectivity index (χ0) is 27.0. The van der Waals surface area contributed by atoms with Crippen molar-refractivity contribution in [2.24, 2.45) is 7.05 Å². The predicted octanol–water partition coefficient (Wildman–Crippen LogP) is 6.37. The van der Waals surface area contributed by atoms with Crippen LogP contribution in [0.4, 0.5) is 23.2 Å². The number of rotatable bonds is 4. The number of carbonyl (C=O) groups excluding carboxylic acids is 1. The maximum atomic E-state index is 14.6. The molecule has 2 aromatic carbocycles. The molecule has 1 aliphatic heterocycles. The highest BCUT2D eigenvalue weighted by atomic mass is 32.1. The second-order valence-electron chi connectivity index (χ2n) is 9.24. The van der Waals surface area contributed by atoms with Gasteiger partial charge < -0.3 is 4.90 Å². The van der Waals surface area contributed by atoms with Crippen molar-refractivity contribution in [3.05, 3.63) is 70.8 Å². The van der Waals surface area contributed by atoms with Crippen LogP contribution in [0.2, 0.25) is 0 Å². The fraction of sp³-hybridized carbons (Fsp3) is 0.296. The molecule has 0 bridgehead atoms. The summed E-state index contributed by atoms with van der Waals surface area (Å²) in [4.78, 5) is 20.8. The van der Waals surface area contributed by atoms with Crippen LogP contribution in [0.25, 0.3) is 37.3 Å². The van der Waals surface area contributed by atoms with Gasteiger partial charge in [0.15, 0.2) is 0 Å². The van der Waals surface area contributed by atoms with Gasteiger partial charge in [0.25, 0.3) is 5.91 Å². The van der Waals surface area contributed by atoms with Crippen molar-refractivity contribution in [3.8, 4) is 21.6 Å². The van der Waals surface area contributed by atoms with Crippen LogP contribution in [0.15, 0.2) is 48.7 Å². The van der Waals surface area contributed by atoms with E-state index in [9.17, 15) is 22.4 Å². The minimum atomic E-state index is -4.29. The first-order chi connectivity index (χ1) is 18.1. The summed E-state index contributed by atoms with van der Waals surface area (Å²) in [5, 5.41) is 5.30. The van der Waals surface area contributed by atoms with E-state index >= 15 is 0 Å². The molecular weight excluding hydrogens is 518 g/mol. The molecule has 0 radical (unpaired) electrons. The molecular formula is C27H23F4N5OS.